The molecule has 0 saturated carbocycles. The number of carbonyl (C=O) groups is 2. The summed E-state index contributed by atoms with van der Waals surface area (Å²) >= 11 is 0. The van der Waals surface area contributed by atoms with Crippen LogP contribution in [0.2, 0.25) is 0 Å². The lowest BCUT2D eigenvalue weighted by atomic mass is 10.0. The Labute approximate surface area is 183 Å². The van der Waals surface area contributed by atoms with Gasteiger partial charge in [0.25, 0.3) is 5.91 Å². The van der Waals surface area contributed by atoms with Crippen molar-refractivity contribution < 1.29 is 22.8 Å². The summed E-state index contributed by atoms with van der Waals surface area (Å²) in [5.41, 5.74) is 12.4. The third-order valence-electron chi connectivity index (χ3n) is 4.63. The number of fused-ring (bicyclic) bond motifs is 1. The number of carbonyl (C=O) groups excluding carboxylic acids is 2. The molecule has 4 rings (SSSR count). The lowest BCUT2D eigenvalue weighted by Crippen LogP contribution is -2.20. The van der Waals surface area contributed by atoms with Crippen molar-refractivity contribution in [3.05, 3.63) is 66.2 Å². The minimum Gasteiger partial charge on any atom is -0.382 e. The summed E-state index contributed by atoms with van der Waals surface area (Å²) in [7, 11) is 0. The lowest BCUT2D eigenvalue weighted by molar-refractivity contribution is -0.137. The van der Waals surface area contributed by atoms with Crippen LogP contribution in [0.1, 0.15) is 15.9 Å². The first-order chi connectivity index (χ1) is 15.6. The van der Waals surface area contributed by atoms with Gasteiger partial charge >= 0.3 is 12.2 Å². The number of nitrogens with two attached hydrogens (primary N) is 2. The number of hydrogen-bond acceptors (Lipinski definition) is 6. The summed E-state index contributed by atoms with van der Waals surface area (Å²) in [5.74, 6) is -0.812. The Bertz CT molecular complexity index is 1370. The van der Waals surface area contributed by atoms with Gasteiger partial charge in [0.05, 0.1) is 11.1 Å². The average Bonchev–Trinajstić information content (AvgIpc) is 3.15. The van der Waals surface area contributed by atoms with Crippen LogP contribution in [0, 0.1) is 0 Å². The predicted molar refractivity (Wildman–Crippen MR) is 113 cm³/mol. The van der Waals surface area contributed by atoms with Crippen molar-refractivity contribution in [3.8, 4) is 11.1 Å². The van der Waals surface area contributed by atoms with E-state index in [4.69, 9.17) is 11.5 Å². The zero-order valence-electron chi connectivity index (χ0n) is 16.6. The summed E-state index contributed by atoms with van der Waals surface area (Å²) in [6.07, 6.45) is -0.942. The molecule has 168 valence electrons. The number of nitrogens with zero attached hydrogens (tertiary/aromatic N) is 4. The highest BCUT2D eigenvalue weighted by atomic mass is 19.4. The molecule has 0 spiro atoms. The number of rotatable bonds is 4. The van der Waals surface area contributed by atoms with Crippen molar-refractivity contribution in [2.45, 2.75) is 6.18 Å². The van der Waals surface area contributed by atoms with Crippen LogP contribution in [0.3, 0.4) is 0 Å². The van der Waals surface area contributed by atoms with Gasteiger partial charge in [-0.2, -0.15) is 18.3 Å². The molecule has 0 radical (unpaired) electrons. The fourth-order valence-electron chi connectivity index (χ4n) is 3.19. The van der Waals surface area contributed by atoms with Crippen molar-refractivity contribution in [2.24, 2.45) is 5.73 Å². The Balaban J connectivity index is 1.56. The molecule has 0 saturated heterocycles. The number of nitrogen functional groups attached to an aromatic ring is 1. The molecule has 0 unspecified atom stereocenters. The number of primary amides is 1. The van der Waals surface area contributed by atoms with E-state index in [0.29, 0.717) is 22.3 Å². The number of hydrogen-bond donors (Lipinski definition) is 4. The molecule has 13 heteroatoms. The molecule has 0 aliphatic heterocycles. The van der Waals surface area contributed by atoms with Gasteiger partial charge in [0.15, 0.2) is 5.82 Å². The van der Waals surface area contributed by atoms with Crippen LogP contribution < -0.4 is 22.1 Å². The molecule has 0 aliphatic carbocycles. The predicted octanol–water partition coefficient (Wildman–Crippen LogP) is 3.14. The minimum absolute atomic E-state index is 0.141. The van der Waals surface area contributed by atoms with Crippen LogP contribution in [-0.4, -0.2) is 31.5 Å². The molecule has 0 fully saturated rings. The van der Waals surface area contributed by atoms with E-state index in [-0.39, 0.29) is 17.2 Å². The van der Waals surface area contributed by atoms with Crippen molar-refractivity contribution in [3.63, 3.8) is 0 Å². The highest BCUT2D eigenvalue weighted by molar-refractivity contribution is 6.06. The third kappa shape index (κ3) is 4.37. The Morgan fingerprint density at radius 3 is 2.42 bits per heavy atom. The fraction of sp³-hybridized carbons (Fsp3) is 0.0500. The van der Waals surface area contributed by atoms with E-state index in [1.165, 1.54) is 29.2 Å². The number of halogens is 3. The Kier molecular flexibility index (Phi) is 5.29. The van der Waals surface area contributed by atoms with Gasteiger partial charge in [0.1, 0.15) is 17.7 Å². The molecular weight excluding hydrogens is 441 g/mol. The summed E-state index contributed by atoms with van der Waals surface area (Å²) in [6, 6.07) is 6.99. The van der Waals surface area contributed by atoms with Crippen LogP contribution in [0.15, 0.2) is 55.1 Å². The van der Waals surface area contributed by atoms with Gasteiger partial charge in [-0.3, -0.25) is 10.1 Å². The first-order valence-electron chi connectivity index (χ1n) is 9.27. The number of benzene rings is 1. The largest absolute Gasteiger partial charge is 0.416 e. The van der Waals surface area contributed by atoms with Gasteiger partial charge in [-0.1, -0.05) is 12.1 Å². The molecule has 3 aromatic heterocycles. The molecule has 10 nitrogen and oxygen atoms in total. The highest BCUT2D eigenvalue weighted by Crippen LogP contribution is 2.33. The molecule has 33 heavy (non-hydrogen) atoms. The summed E-state index contributed by atoms with van der Waals surface area (Å²) in [5, 5.41) is 8.76. The number of anilines is 3. The van der Waals surface area contributed by atoms with Gasteiger partial charge in [-0.25, -0.2) is 19.3 Å². The van der Waals surface area contributed by atoms with Crippen molar-refractivity contribution in [1.82, 2.24) is 19.6 Å². The second-order valence-corrected chi connectivity index (χ2v) is 6.80. The minimum atomic E-state index is -4.56. The summed E-state index contributed by atoms with van der Waals surface area (Å²) < 4.78 is 39.8. The van der Waals surface area contributed by atoms with Crippen LogP contribution in [-0.2, 0) is 6.18 Å². The summed E-state index contributed by atoms with van der Waals surface area (Å²) in [4.78, 5) is 31.7. The molecule has 6 N–H and O–H groups in total. The monoisotopic (exact) mass is 456 g/mol. The number of amides is 3. The second-order valence-electron chi connectivity index (χ2n) is 6.80. The molecule has 0 aliphatic rings. The maximum Gasteiger partial charge on any atom is 0.416 e. The maximum atomic E-state index is 12.8. The quantitative estimate of drug-likeness (QED) is 0.370. The van der Waals surface area contributed by atoms with Crippen LogP contribution >= 0.6 is 0 Å². The van der Waals surface area contributed by atoms with E-state index >= 15 is 0 Å². The zero-order chi connectivity index (χ0) is 23.8. The number of urea groups is 1. The molecule has 3 heterocycles. The second kappa shape index (κ2) is 8.11. The molecule has 4 aromatic rings. The average molecular weight is 456 g/mol. The van der Waals surface area contributed by atoms with E-state index in [2.05, 4.69) is 25.7 Å². The highest BCUT2D eigenvalue weighted by Gasteiger charge is 2.30. The van der Waals surface area contributed by atoms with Gasteiger partial charge in [-0.05, 0) is 29.8 Å². The van der Waals surface area contributed by atoms with E-state index in [9.17, 15) is 22.8 Å². The van der Waals surface area contributed by atoms with Gasteiger partial charge in [-0.15, -0.1) is 0 Å². The van der Waals surface area contributed by atoms with Crippen molar-refractivity contribution >= 4 is 34.8 Å². The number of nitrogens with one attached hydrogen (secondary N) is 2. The molecule has 0 bridgehead atoms. The van der Waals surface area contributed by atoms with Gasteiger partial charge in [0.2, 0.25) is 0 Å². The number of aromatic nitrogens is 4. The Morgan fingerprint density at radius 1 is 1.03 bits per heavy atom. The molecule has 0 atom stereocenters. The number of pyridine rings is 1. The maximum absolute atomic E-state index is 12.8. The first kappa shape index (κ1) is 21.5. The smallest absolute Gasteiger partial charge is 0.382 e. The van der Waals surface area contributed by atoms with E-state index in [1.807, 2.05) is 0 Å². The zero-order valence-corrected chi connectivity index (χ0v) is 16.6. The topological polar surface area (TPSA) is 153 Å². The normalized spacial score (nSPS) is 11.4. The lowest BCUT2D eigenvalue weighted by Gasteiger charge is -2.10. The Hall–Kier alpha value is -4.68. The Morgan fingerprint density at radius 2 is 1.76 bits per heavy atom. The van der Waals surface area contributed by atoms with Crippen molar-refractivity contribution in [1.29, 1.82) is 0 Å². The first-order valence-corrected chi connectivity index (χ1v) is 9.27. The van der Waals surface area contributed by atoms with Gasteiger partial charge in [0, 0.05) is 23.6 Å². The fourth-order valence-corrected chi connectivity index (χ4v) is 3.19. The molecule has 1 aromatic carbocycles. The summed E-state index contributed by atoms with van der Waals surface area (Å²) in [6.45, 7) is 0. The van der Waals surface area contributed by atoms with Crippen LogP contribution in [0.4, 0.5) is 35.3 Å². The van der Waals surface area contributed by atoms with E-state index < -0.39 is 23.7 Å². The molecule has 3 amide bonds. The number of alkyl halides is 3. The van der Waals surface area contributed by atoms with Gasteiger partial charge < -0.3 is 16.8 Å². The van der Waals surface area contributed by atoms with Crippen LogP contribution in [0.5, 0.6) is 0 Å². The molecular formula is C20H15F3N8O2. The van der Waals surface area contributed by atoms with E-state index in [1.54, 1.807) is 12.1 Å². The van der Waals surface area contributed by atoms with E-state index in [0.717, 1.165) is 18.3 Å². The standard InChI is InChI=1S/C20H15F3N8O2/c21-20(22,23)11-5-6-26-14(7-11)30-19(33)29-12-3-1-10(2-4-12)15-13(18(25)32)8-31-16(15)17(24)27-9-28-31/h1-9H,(H2,25,32)(H2,24,27,28)(H2,26,29,30,33). The SMILES string of the molecule is NC(=O)c1cn2ncnc(N)c2c1-c1ccc(NC(=O)Nc2cc(C(F)(F)F)ccn2)cc1. The third-order valence-corrected chi connectivity index (χ3v) is 4.63. The van der Waals surface area contributed by atoms with Crippen LogP contribution in [0.25, 0.3) is 16.6 Å². The van der Waals surface area contributed by atoms with Crippen molar-refractivity contribution in [2.75, 3.05) is 16.4 Å².